The lowest BCUT2D eigenvalue weighted by Crippen LogP contribution is -2.01. The summed E-state index contributed by atoms with van der Waals surface area (Å²) < 4.78 is 2.46. The van der Waals surface area contributed by atoms with Gasteiger partial charge < -0.3 is 4.57 Å². The van der Waals surface area contributed by atoms with Gasteiger partial charge in [0.25, 0.3) is 0 Å². The van der Waals surface area contributed by atoms with Gasteiger partial charge in [-0.15, -0.1) is 0 Å². The van der Waals surface area contributed by atoms with E-state index in [2.05, 4.69) is 132 Å². The number of hydrogen-bond acceptors (Lipinski definition) is 2. The van der Waals surface area contributed by atoms with E-state index in [0.717, 1.165) is 39.2 Å². The van der Waals surface area contributed by atoms with Crippen molar-refractivity contribution >= 4 is 65.2 Å². The Labute approximate surface area is 270 Å². The molecule has 2 aromatic heterocycles. The first kappa shape index (κ1) is 24.9. The third-order valence-corrected chi connectivity index (χ3v) is 10.1. The predicted octanol–water partition coefficient (Wildman–Crippen LogP) is 11.5. The lowest BCUT2D eigenvalue weighted by atomic mass is 9.93. The van der Waals surface area contributed by atoms with Crippen molar-refractivity contribution in [2.75, 3.05) is 0 Å². The zero-order valence-electron chi connectivity index (χ0n) is 25.3. The Kier molecular flexibility index (Phi) is 4.84. The predicted molar refractivity (Wildman–Crippen MR) is 196 cm³/mol. The van der Waals surface area contributed by atoms with Crippen LogP contribution in [0.5, 0.6) is 0 Å². The van der Waals surface area contributed by atoms with Crippen molar-refractivity contribution in [2.24, 2.45) is 0 Å². The molecule has 0 saturated carbocycles. The van der Waals surface area contributed by atoms with E-state index in [1.807, 2.05) is 24.3 Å². The number of benzene rings is 8. The van der Waals surface area contributed by atoms with E-state index in [0.29, 0.717) is 0 Å². The molecule has 2 heterocycles. The normalized spacial score (nSPS) is 12.3. The van der Waals surface area contributed by atoms with Gasteiger partial charge in [0.05, 0.1) is 39.1 Å². The third-order valence-electron chi connectivity index (χ3n) is 10.1. The molecule has 0 bridgehead atoms. The molecule has 1 aliphatic carbocycles. The topological polar surface area (TPSA) is 30.7 Å². The SMILES string of the molecule is c1ccc(-c2nc3ccccc3nc2-c2ccccc2-n2c3cccc4c3c3c5c(ccc6ccc7cccc-4c7c65)ccc32)cc1. The van der Waals surface area contributed by atoms with Gasteiger partial charge in [-0.3, -0.25) is 0 Å². The number of para-hydroxylation sites is 3. The molecule has 216 valence electrons. The first-order valence-corrected chi connectivity index (χ1v) is 16.1. The van der Waals surface area contributed by atoms with Crippen LogP contribution >= 0.6 is 0 Å². The van der Waals surface area contributed by atoms with Gasteiger partial charge in [-0.25, -0.2) is 9.97 Å². The van der Waals surface area contributed by atoms with Crippen LogP contribution in [0.1, 0.15) is 0 Å². The molecule has 0 N–H and O–H groups in total. The highest BCUT2D eigenvalue weighted by Gasteiger charge is 2.26. The second-order valence-electron chi connectivity index (χ2n) is 12.5. The molecule has 0 radical (unpaired) electrons. The van der Waals surface area contributed by atoms with Crippen LogP contribution in [0.2, 0.25) is 0 Å². The highest BCUT2D eigenvalue weighted by atomic mass is 15.0. The highest BCUT2D eigenvalue weighted by Crippen LogP contribution is 2.50. The van der Waals surface area contributed by atoms with E-state index in [-0.39, 0.29) is 0 Å². The summed E-state index contributed by atoms with van der Waals surface area (Å²) in [7, 11) is 0. The fourth-order valence-electron chi connectivity index (χ4n) is 8.12. The maximum absolute atomic E-state index is 5.32. The minimum atomic E-state index is 0.877. The van der Waals surface area contributed by atoms with E-state index in [4.69, 9.17) is 9.97 Å². The molecule has 47 heavy (non-hydrogen) atoms. The van der Waals surface area contributed by atoms with Gasteiger partial charge in [0.2, 0.25) is 0 Å². The highest BCUT2D eigenvalue weighted by molar-refractivity contribution is 6.38. The molecule has 3 heteroatoms. The van der Waals surface area contributed by atoms with Crippen molar-refractivity contribution in [1.29, 1.82) is 0 Å². The van der Waals surface area contributed by atoms with Gasteiger partial charge in [0.15, 0.2) is 0 Å². The Bertz CT molecular complexity index is 2950. The van der Waals surface area contributed by atoms with Gasteiger partial charge in [-0.1, -0.05) is 121 Å². The fourth-order valence-corrected chi connectivity index (χ4v) is 8.12. The van der Waals surface area contributed by atoms with Crippen LogP contribution in [0.15, 0.2) is 152 Å². The number of aromatic nitrogens is 3. The van der Waals surface area contributed by atoms with Crippen LogP contribution in [0.4, 0.5) is 0 Å². The number of nitrogens with zero attached hydrogens (tertiary/aromatic N) is 3. The summed E-state index contributed by atoms with van der Waals surface area (Å²) >= 11 is 0. The zero-order chi connectivity index (χ0) is 30.6. The van der Waals surface area contributed by atoms with Gasteiger partial charge >= 0.3 is 0 Å². The number of rotatable bonds is 3. The van der Waals surface area contributed by atoms with Crippen LogP contribution in [-0.4, -0.2) is 14.5 Å². The largest absolute Gasteiger partial charge is 0.309 e. The Morgan fingerprint density at radius 1 is 0.340 bits per heavy atom. The lowest BCUT2D eigenvalue weighted by molar-refractivity contribution is 1.17. The summed E-state index contributed by atoms with van der Waals surface area (Å²) in [6.45, 7) is 0. The van der Waals surface area contributed by atoms with Gasteiger partial charge in [0.1, 0.15) is 0 Å². The molecule has 0 aliphatic heterocycles. The quantitative estimate of drug-likeness (QED) is 0.190. The Hall–Kier alpha value is -6.32. The fraction of sp³-hybridized carbons (Fsp3) is 0. The molecule has 0 spiro atoms. The van der Waals surface area contributed by atoms with Crippen LogP contribution in [0.25, 0.3) is 104 Å². The van der Waals surface area contributed by atoms with Crippen LogP contribution < -0.4 is 0 Å². The van der Waals surface area contributed by atoms with Gasteiger partial charge in [-0.05, 0) is 68.4 Å². The first-order chi connectivity index (χ1) is 23.3. The summed E-state index contributed by atoms with van der Waals surface area (Å²) in [5.74, 6) is 0. The standard InChI is InChI=1S/C44H25N3/c1-2-10-29(11-3-1)43-44(46-34-17-6-5-16-33(34)45-43)32-13-4-7-18-35(32)47-36-19-9-15-31-30-14-8-12-26-20-21-27-22-23-28-24-25-37(47)42(41(31)36)40(28)39(27)38(26)30/h1-25H. The molecule has 8 aromatic carbocycles. The van der Waals surface area contributed by atoms with Crippen LogP contribution in [-0.2, 0) is 0 Å². The smallest absolute Gasteiger partial charge is 0.0994 e. The molecule has 0 fully saturated rings. The monoisotopic (exact) mass is 595 g/mol. The molecule has 0 amide bonds. The minimum absolute atomic E-state index is 0.877. The molecule has 0 saturated heterocycles. The molecule has 3 nitrogen and oxygen atoms in total. The summed E-state index contributed by atoms with van der Waals surface area (Å²) in [6.07, 6.45) is 0. The van der Waals surface area contributed by atoms with Crippen molar-refractivity contribution in [2.45, 2.75) is 0 Å². The molecule has 11 rings (SSSR count). The molecule has 1 aliphatic rings. The Morgan fingerprint density at radius 2 is 0.894 bits per heavy atom. The van der Waals surface area contributed by atoms with Crippen molar-refractivity contribution in [1.82, 2.24) is 14.5 Å². The van der Waals surface area contributed by atoms with Crippen LogP contribution in [0.3, 0.4) is 0 Å². The molecule has 0 unspecified atom stereocenters. The van der Waals surface area contributed by atoms with E-state index in [9.17, 15) is 0 Å². The second kappa shape index (κ2) is 9.12. The van der Waals surface area contributed by atoms with E-state index >= 15 is 0 Å². The average Bonchev–Trinajstić information content (AvgIpc) is 3.41. The molecule has 10 aromatic rings. The minimum Gasteiger partial charge on any atom is -0.309 e. The summed E-state index contributed by atoms with van der Waals surface area (Å²) in [6, 6.07) is 54.5. The molecule has 0 atom stereocenters. The van der Waals surface area contributed by atoms with E-state index < -0.39 is 0 Å². The van der Waals surface area contributed by atoms with Gasteiger partial charge in [0, 0.05) is 27.3 Å². The van der Waals surface area contributed by atoms with E-state index in [1.54, 1.807) is 0 Å². The van der Waals surface area contributed by atoms with Crippen molar-refractivity contribution in [3.63, 3.8) is 0 Å². The second-order valence-corrected chi connectivity index (χ2v) is 12.5. The average molecular weight is 596 g/mol. The maximum atomic E-state index is 5.32. The molecular formula is C44H25N3. The Balaban J connectivity index is 1.32. The lowest BCUT2D eigenvalue weighted by Gasteiger charge is -2.17. The summed E-state index contributed by atoms with van der Waals surface area (Å²) in [4.78, 5) is 10.5. The summed E-state index contributed by atoms with van der Waals surface area (Å²) in [5, 5.41) is 10.5. The third kappa shape index (κ3) is 3.30. The van der Waals surface area contributed by atoms with Crippen molar-refractivity contribution in [3.8, 4) is 39.3 Å². The van der Waals surface area contributed by atoms with E-state index in [1.165, 1.54) is 65.3 Å². The van der Waals surface area contributed by atoms with Crippen molar-refractivity contribution in [3.05, 3.63) is 152 Å². The van der Waals surface area contributed by atoms with Gasteiger partial charge in [-0.2, -0.15) is 0 Å². The van der Waals surface area contributed by atoms with Crippen LogP contribution in [0, 0.1) is 0 Å². The molecular weight excluding hydrogens is 571 g/mol. The Morgan fingerprint density at radius 3 is 1.68 bits per heavy atom. The number of fused-ring (bicyclic) bond motifs is 2. The maximum Gasteiger partial charge on any atom is 0.0994 e. The summed E-state index contributed by atoms with van der Waals surface area (Å²) in [5.41, 5.74) is 11.7. The zero-order valence-corrected chi connectivity index (χ0v) is 25.3. The van der Waals surface area contributed by atoms with Crippen molar-refractivity contribution < 1.29 is 0 Å². The first-order valence-electron chi connectivity index (χ1n) is 16.1. The number of hydrogen-bond donors (Lipinski definition) is 0.